The molecular weight excluding hydrogens is 306 g/mol. The summed E-state index contributed by atoms with van der Waals surface area (Å²) in [4.78, 5) is 46.6. The van der Waals surface area contributed by atoms with Crippen LogP contribution in [-0.4, -0.2) is 48.2 Å². The maximum atomic E-state index is 11.9. The Kier molecular flexibility index (Phi) is 6.70. The van der Waals surface area contributed by atoms with Crippen molar-refractivity contribution in [2.24, 2.45) is 0 Å². The average Bonchev–Trinajstić information content (AvgIpc) is 2.51. The van der Waals surface area contributed by atoms with Crippen LogP contribution < -0.4 is 16.0 Å². The minimum Gasteiger partial charge on any atom is -0.466 e. The van der Waals surface area contributed by atoms with Crippen LogP contribution in [0.3, 0.4) is 0 Å². The standard InChI is InChI=1S/C14H21N3O6/c1-3-4-5-6-7-15-8-9(10(18)23-2)14(22)11(19)16-13(21)17-12(14)20/h8,15,22H,3-7H2,1-2H3,(H2,16,17,19,20,21)/b9-8+. The first-order chi connectivity index (χ1) is 10.9. The molecule has 0 radical (unpaired) electrons. The molecule has 0 atom stereocenters. The lowest BCUT2D eigenvalue weighted by atomic mass is 9.90. The molecule has 1 heterocycles. The van der Waals surface area contributed by atoms with E-state index in [2.05, 4.69) is 17.0 Å². The largest absolute Gasteiger partial charge is 0.466 e. The Morgan fingerprint density at radius 3 is 2.35 bits per heavy atom. The molecule has 1 rings (SSSR count). The summed E-state index contributed by atoms with van der Waals surface area (Å²) < 4.78 is 4.50. The number of amides is 4. The summed E-state index contributed by atoms with van der Waals surface area (Å²) in [6, 6.07) is -1.07. The fourth-order valence-electron chi connectivity index (χ4n) is 2.02. The van der Waals surface area contributed by atoms with Crippen LogP contribution in [0.4, 0.5) is 4.79 Å². The number of esters is 1. The van der Waals surface area contributed by atoms with Crippen molar-refractivity contribution in [3.63, 3.8) is 0 Å². The normalized spacial score (nSPS) is 17.3. The Morgan fingerprint density at radius 1 is 1.22 bits per heavy atom. The number of carbonyl (C=O) groups excluding carboxylic acids is 4. The lowest BCUT2D eigenvalue weighted by Crippen LogP contribution is -2.68. The second kappa shape index (κ2) is 8.28. The number of ether oxygens (including phenoxy) is 1. The summed E-state index contributed by atoms with van der Waals surface area (Å²) >= 11 is 0. The molecule has 0 aromatic carbocycles. The highest BCUT2D eigenvalue weighted by molar-refractivity contribution is 6.26. The first kappa shape index (κ1) is 18.6. The van der Waals surface area contributed by atoms with Crippen LogP contribution in [0.25, 0.3) is 0 Å². The maximum Gasteiger partial charge on any atom is 0.339 e. The predicted molar refractivity (Wildman–Crippen MR) is 78.9 cm³/mol. The van der Waals surface area contributed by atoms with Gasteiger partial charge in [-0.2, -0.15) is 0 Å². The zero-order valence-electron chi connectivity index (χ0n) is 13.1. The lowest BCUT2D eigenvalue weighted by molar-refractivity contribution is -0.155. The van der Waals surface area contributed by atoms with Crippen molar-refractivity contribution in [1.82, 2.24) is 16.0 Å². The Morgan fingerprint density at radius 2 is 1.83 bits per heavy atom. The molecule has 0 bridgehead atoms. The van der Waals surface area contributed by atoms with Crippen molar-refractivity contribution in [2.75, 3.05) is 13.7 Å². The topological polar surface area (TPSA) is 134 Å². The molecule has 0 spiro atoms. The number of hydrogen-bond acceptors (Lipinski definition) is 7. The predicted octanol–water partition coefficient (Wildman–Crippen LogP) is -0.690. The van der Waals surface area contributed by atoms with E-state index in [-0.39, 0.29) is 0 Å². The molecule has 128 valence electrons. The Balaban J connectivity index is 2.92. The number of rotatable bonds is 8. The average molecular weight is 327 g/mol. The fourth-order valence-corrected chi connectivity index (χ4v) is 2.02. The molecule has 9 heteroatoms. The smallest absolute Gasteiger partial charge is 0.339 e. The minimum absolute atomic E-state index is 0.485. The molecule has 0 saturated carbocycles. The van der Waals surface area contributed by atoms with Gasteiger partial charge in [-0.05, 0) is 6.42 Å². The lowest BCUT2D eigenvalue weighted by Gasteiger charge is -2.29. The van der Waals surface area contributed by atoms with Crippen LogP contribution in [0.1, 0.15) is 32.6 Å². The van der Waals surface area contributed by atoms with Crippen LogP contribution in [0, 0.1) is 0 Å². The fraction of sp³-hybridized carbons (Fsp3) is 0.571. The summed E-state index contributed by atoms with van der Waals surface area (Å²) in [5.74, 6) is -3.68. The van der Waals surface area contributed by atoms with Gasteiger partial charge in [-0.3, -0.25) is 20.2 Å². The molecular formula is C14H21N3O6. The first-order valence-electron chi connectivity index (χ1n) is 7.29. The van der Waals surface area contributed by atoms with Gasteiger partial charge in [0.1, 0.15) is 5.57 Å². The molecule has 0 aromatic heterocycles. The number of hydrogen-bond donors (Lipinski definition) is 4. The molecule has 23 heavy (non-hydrogen) atoms. The van der Waals surface area contributed by atoms with Gasteiger partial charge in [-0.1, -0.05) is 26.2 Å². The van der Waals surface area contributed by atoms with Crippen molar-refractivity contribution in [1.29, 1.82) is 0 Å². The van der Waals surface area contributed by atoms with Gasteiger partial charge in [-0.15, -0.1) is 0 Å². The highest BCUT2D eigenvalue weighted by Crippen LogP contribution is 2.21. The van der Waals surface area contributed by atoms with E-state index in [4.69, 9.17) is 0 Å². The van der Waals surface area contributed by atoms with Crippen molar-refractivity contribution >= 4 is 23.8 Å². The maximum absolute atomic E-state index is 11.9. The number of methoxy groups -OCH3 is 1. The van der Waals surface area contributed by atoms with E-state index in [1.54, 1.807) is 10.6 Å². The highest BCUT2D eigenvalue weighted by atomic mass is 16.5. The Labute approximate surface area is 133 Å². The number of urea groups is 1. The number of nitrogens with one attached hydrogen (secondary N) is 3. The highest BCUT2D eigenvalue weighted by Gasteiger charge is 2.54. The van der Waals surface area contributed by atoms with Crippen LogP contribution in [0.15, 0.2) is 11.8 Å². The third-order valence-electron chi connectivity index (χ3n) is 3.33. The van der Waals surface area contributed by atoms with Crippen molar-refractivity contribution in [2.45, 2.75) is 38.2 Å². The van der Waals surface area contributed by atoms with Crippen LogP contribution >= 0.6 is 0 Å². The molecule has 9 nitrogen and oxygen atoms in total. The number of barbiturate groups is 1. The van der Waals surface area contributed by atoms with Gasteiger partial charge in [-0.25, -0.2) is 9.59 Å². The molecule has 0 unspecified atom stereocenters. The van der Waals surface area contributed by atoms with Gasteiger partial charge in [0.2, 0.25) is 0 Å². The SMILES string of the molecule is CCCCCCN/C=C(\C(=O)OC)C1(O)C(=O)NC(=O)NC1=O. The molecule has 4 N–H and O–H groups in total. The van der Waals surface area contributed by atoms with Gasteiger partial charge in [0.05, 0.1) is 7.11 Å². The van der Waals surface area contributed by atoms with E-state index < -0.39 is 35.0 Å². The summed E-state index contributed by atoms with van der Waals surface area (Å²) in [5.41, 5.74) is -3.43. The van der Waals surface area contributed by atoms with Gasteiger partial charge >= 0.3 is 12.0 Å². The van der Waals surface area contributed by atoms with E-state index in [0.29, 0.717) is 6.54 Å². The van der Waals surface area contributed by atoms with Gasteiger partial charge < -0.3 is 15.2 Å². The van der Waals surface area contributed by atoms with Crippen LogP contribution in [0.2, 0.25) is 0 Å². The van der Waals surface area contributed by atoms with Gasteiger partial charge in [0.25, 0.3) is 17.4 Å². The Bertz CT molecular complexity index is 509. The summed E-state index contributed by atoms with van der Waals surface area (Å²) in [7, 11) is 1.05. The molecule has 1 aliphatic heterocycles. The van der Waals surface area contributed by atoms with E-state index in [0.717, 1.165) is 39.0 Å². The molecule has 1 saturated heterocycles. The zero-order valence-corrected chi connectivity index (χ0v) is 13.1. The number of imide groups is 2. The van der Waals surface area contributed by atoms with E-state index in [9.17, 15) is 24.3 Å². The number of aliphatic hydroxyl groups is 1. The second-order valence-corrected chi connectivity index (χ2v) is 5.01. The number of carbonyl (C=O) groups is 4. The van der Waals surface area contributed by atoms with Crippen molar-refractivity contribution in [3.05, 3.63) is 11.8 Å². The summed E-state index contributed by atoms with van der Waals surface area (Å²) in [5, 5.41) is 16.6. The summed E-state index contributed by atoms with van der Waals surface area (Å²) in [6.45, 7) is 2.55. The van der Waals surface area contributed by atoms with Crippen molar-refractivity contribution < 1.29 is 29.0 Å². The van der Waals surface area contributed by atoms with Crippen LogP contribution in [-0.2, 0) is 19.1 Å². The van der Waals surface area contributed by atoms with Crippen molar-refractivity contribution in [3.8, 4) is 0 Å². The second-order valence-electron chi connectivity index (χ2n) is 5.01. The number of unbranched alkanes of at least 4 members (excludes halogenated alkanes) is 3. The van der Waals surface area contributed by atoms with Gasteiger partial charge in [0, 0.05) is 12.7 Å². The molecule has 4 amide bonds. The summed E-state index contributed by atoms with van der Waals surface area (Å²) in [6.07, 6.45) is 4.98. The molecule has 0 aromatic rings. The quantitative estimate of drug-likeness (QED) is 0.201. The third kappa shape index (κ3) is 4.28. The van der Waals surface area contributed by atoms with E-state index in [1.807, 2.05) is 0 Å². The van der Waals surface area contributed by atoms with Crippen LogP contribution in [0.5, 0.6) is 0 Å². The first-order valence-corrected chi connectivity index (χ1v) is 7.29. The molecule has 1 aliphatic rings. The molecule has 1 fully saturated rings. The zero-order chi connectivity index (χ0) is 17.5. The third-order valence-corrected chi connectivity index (χ3v) is 3.33. The van der Waals surface area contributed by atoms with Gasteiger partial charge in [0.15, 0.2) is 0 Å². The van der Waals surface area contributed by atoms with E-state index in [1.165, 1.54) is 0 Å². The van der Waals surface area contributed by atoms with E-state index >= 15 is 0 Å². The minimum atomic E-state index is -2.84. The monoisotopic (exact) mass is 327 g/mol. The molecule has 0 aliphatic carbocycles. The Hall–Kier alpha value is -2.42.